The average Bonchev–Trinajstić information content (AvgIpc) is 2.79. The molecule has 2 heterocycles. The second-order valence-corrected chi connectivity index (χ2v) is 4.78. The molecule has 0 aliphatic rings. The topological polar surface area (TPSA) is 53.6 Å². The van der Waals surface area contributed by atoms with Crippen LogP contribution in [0, 0.1) is 13.8 Å². The maximum Gasteiger partial charge on any atom is 0.143 e. The van der Waals surface area contributed by atoms with E-state index in [1.54, 1.807) is 6.33 Å². The van der Waals surface area contributed by atoms with E-state index in [1.807, 2.05) is 6.92 Å². The second-order valence-electron chi connectivity index (χ2n) is 4.78. The Morgan fingerprint density at radius 2 is 1.89 bits per heavy atom. The molecular formula is C15H16N4. The lowest BCUT2D eigenvalue weighted by Crippen LogP contribution is -2.02. The Balaban J connectivity index is 1.83. The molecule has 0 aliphatic carbocycles. The average molecular weight is 252 g/mol. The number of nitrogens with one attached hydrogen (secondary N) is 2. The summed E-state index contributed by atoms with van der Waals surface area (Å²) < 4.78 is 0. The summed E-state index contributed by atoms with van der Waals surface area (Å²) in [5, 5.41) is 4.40. The summed E-state index contributed by atoms with van der Waals surface area (Å²) in [6, 6.07) is 10.6. The van der Waals surface area contributed by atoms with Crippen LogP contribution in [0.3, 0.4) is 0 Å². The number of rotatable bonds is 3. The van der Waals surface area contributed by atoms with Crippen LogP contribution in [0.25, 0.3) is 11.0 Å². The van der Waals surface area contributed by atoms with Crippen molar-refractivity contribution in [3.05, 3.63) is 53.5 Å². The maximum absolute atomic E-state index is 4.31. The molecule has 96 valence electrons. The fourth-order valence-corrected chi connectivity index (χ4v) is 2.10. The van der Waals surface area contributed by atoms with E-state index in [2.05, 4.69) is 57.5 Å². The third-order valence-electron chi connectivity index (χ3n) is 3.14. The standard InChI is InChI=1S/C15H16N4/c1-10-3-5-12(6-4-10)8-16-14-13-7-11(2)19-15(13)18-9-17-14/h3-7,9H,8H2,1-2H3,(H2,16,17,18,19). The lowest BCUT2D eigenvalue weighted by Gasteiger charge is -2.06. The second kappa shape index (κ2) is 4.72. The number of fused-ring (bicyclic) bond motifs is 1. The minimum Gasteiger partial charge on any atom is -0.365 e. The van der Waals surface area contributed by atoms with E-state index in [0.717, 1.165) is 29.1 Å². The van der Waals surface area contributed by atoms with Crippen molar-refractivity contribution < 1.29 is 0 Å². The molecule has 4 nitrogen and oxygen atoms in total. The molecule has 0 atom stereocenters. The highest BCUT2D eigenvalue weighted by atomic mass is 15.0. The van der Waals surface area contributed by atoms with Crippen LogP contribution in [0.2, 0.25) is 0 Å². The molecule has 3 rings (SSSR count). The maximum atomic E-state index is 4.31. The number of H-pyrrole nitrogens is 1. The number of hydrogen-bond donors (Lipinski definition) is 2. The predicted molar refractivity (Wildman–Crippen MR) is 77.1 cm³/mol. The Morgan fingerprint density at radius 3 is 2.68 bits per heavy atom. The van der Waals surface area contributed by atoms with Crippen LogP contribution in [0.1, 0.15) is 16.8 Å². The van der Waals surface area contributed by atoms with Crippen molar-refractivity contribution in [3.63, 3.8) is 0 Å². The lowest BCUT2D eigenvalue weighted by atomic mass is 10.1. The summed E-state index contributed by atoms with van der Waals surface area (Å²) in [7, 11) is 0. The van der Waals surface area contributed by atoms with Crippen LogP contribution in [-0.2, 0) is 6.54 Å². The van der Waals surface area contributed by atoms with Crippen molar-refractivity contribution in [2.24, 2.45) is 0 Å². The molecule has 0 amide bonds. The molecule has 4 heteroatoms. The van der Waals surface area contributed by atoms with E-state index in [9.17, 15) is 0 Å². The summed E-state index contributed by atoms with van der Waals surface area (Å²) in [5.41, 5.74) is 4.48. The van der Waals surface area contributed by atoms with E-state index in [-0.39, 0.29) is 0 Å². The van der Waals surface area contributed by atoms with Gasteiger partial charge in [-0.3, -0.25) is 0 Å². The molecule has 0 saturated heterocycles. The first-order valence-corrected chi connectivity index (χ1v) is 6.32. The highest BCUT2D eigenvalue weighted by Gasteiger charge is 2.05. The first kappa shape index (κ1) is 11.7. The molecule has 0 bridgehead atoms. The number of nitrogens with zero attached hydrogens (tertiary/aromatic N) is 2. The smallest absolute Gasteiger partial charge is 0.143 e. The Morgan fingerprint density at radius 1 is 1.11 bits per heavy atom. The first-order valence-electron chi connectivity index (χ1n) is 6.32. The van der Waals surface area contributed by atoms with Gasteiger partial charge in [0, 0.05) is 12.2 Å². The lowest BCUT2D eigenvalue weighted by molar-refractivity contribution is 1.10. The number of aromatic amines is 1. The van der Waals surface area contributed by atoms with Gasteiger partial charge in [-0.15, -0.1) is 0 Å². The highest BCUT2D eigenvalue weighted by molar-refractivity contribution is 5.87. The van der Waals surface area contributed by atoms with E-state index in [4.69, 9.17) is 0 Å². The molecule has 0 fully saturated rings. The van der Waals surface area contributed by atoms with Crippen molar-refractivity contribution >= 4 is 16.9 Å². The molecular weight excluding hydrogens is 236 g/mol. The minimum absolute atomic E-state index is 0.761. The minimum atomic E-state index is 0.761. The van der Waals surface area contributed by atoms with Gasteiger partial charge in [0.25, 0.3) is 0 Å². The van der Waals surface area contributed by atoms with Crippen LogP contribution in [0.4, 0.5) is 5.82 Å². The zero-order valence-electron chi connectivity index (χ0n) is 11.1. The number of aromatic nitrogens is 3. The number of benzene rings is 1. The molecule has 0 spiro atoms. The first-order chi connectivity index (χ1) is 9.22. The zero-order chi connectivity index (χ0) is 13.2. The SMILES string of the molecule is Cc1ccc(CNc2ncnc3[nH]c(C)cc23)cc1. The fraction of sp³-hybridized carbons (Fsp3) is 0.200. The van der Waals surface area contributed by atoms with Crippen LogP contribution in [-0.4, -0.2) is 15.0 Å². The van der Waals surface area contributed by atoms with E-state index in [1.165, 1.54) is 11.1 Å². The van der Waals surface area contributed by atoms with Gasteiger partial charge in [0.2, 0.25) is 0 Å². The molecule has 19 heavy (non-hydrogen) atoms. The third kappa shape index (κ3) is 2.42. The molecule has 2 N–H and O–H groups in total. The quantitative estimate of drug-likeness (QED) is 0.752. The number of hydrogen-bond acceptors (Lipinski definition) is 3. The van der Waals surface area contributed by atoms with Crippen molar-refractivity contribution in [2.45, 2.75) is 20.4 Å². The zero-order valence-corrected chi connectivity index (χ0v) is 11.1. The normalized spacial score (nSPS) is 10.8. The fourth-order valence-electron chi connectivity index (χ4n) is 2.10. The molecule has 2 aromatic heterocycles. The van der Waals surface area contributed by atoms with Crippen molar-refractivity contribution in [1.29, 1.82) is 0 Å². The van der Waals surface area contributed by atoms with Crippen LogP contribution >= 0.6 is 0 Å². The van der Waals surface area contributed by atoms with Crippen molar-refractivity contribution in [2.75, 3.05) is 5.32 Å². The Bertz CT molecular complexity index is 698. The molecule has 0 radical (unpaired) electrons. The Hall–Kier alpha value is -2.36. The van der Waals surface area contributed by atoms with E-state index >= 15 is 0 Å². The number of anilines is 1. The summed E-state index contributed by atoms with van der Waals surface area (Å²) in [5.74, 6) is 0.870. The van der Waals surface area contributed by atoms with Crippen LogP contribution < -0.4 is 5.32 Å². The largest absolute Gasteiger partial charge is 0.365 e. The molecule has 1 aromatic carbocycles. The summed E-state index contributed by atoms with van der Waals surface area (Å²) in [6.45, 7) is 4.87. The van der Waals surface area contributed by atoms with Gasteiger partial charge in [0.15, 0.2) is 0 Å². The summed E-state index contributed by atoms with van der Waals surface area (Å²) in [4.78, 5) is 11.7. The van der Waals surface area contributed by atoms with Gasteiger partial charge >= 0.3 is 0 Å². The third-order valence-corrected chi connectivity index (χ3v) is 3.14. The van der Waals surface area contributed by atoms with Gasteiger partial charge in [0.05, 0.1) is 5.39 Å². The Kier molecular flexibility index (Phi) is 2.91. The molecule has 0 saturated carbocycles. The van der Waals surface area contributed by atoms with Gasteiger partial charge in [0.1, 0.15) is 17.8 Å². The molecule has 0 aliphatic heterocycles. The summed E-state index contributed by atoms with van der Waals surface area (Å²) >= 11 is 0. The van der Waals surface area contributed by atoms with Crippen LogP contribution in [0.15, 0.2) is 36.7 Å². The van der Waals surface area contributed by atoms with Crippen LogP contribution in [0.5, 0.6) is 0 Å². The van der Waals surface area contributed by atoms with Gasteiger partial charge in [-0.1, -0.05) is 29.8 Å². The monoisotopic (exact) mass is 252 g/mol. The molecule has 3 aromatic rings. The van der Waals surface area contributed by atoms with Crippen molar-refractivity contribution in [1.82, 2.24) is 15.0 Å². The van der Waals surface area contributed by atoms with Gasteiger partial charge in [-0.2, -0.15) is 0 Å². The van der Waals surface area contributed by atoms with Crippen molar-refractivity contribution in [3.8, 4) is 0 Å². The van der Waals surface area contributed by atoms with E-state index in [0.29, 0.717) is 0 Å². The van der Waals surface area contributed by atoms with Gasteiger partial charge in [-0.05, 0) is 25.5 Å². The predicted octanol–water partition coefficient (Wildman–Crippen LogP) is 3.19. The Labute approximate surface area is 111 Å². The van der Waals surface area contributed by atoms with E-state index < -0.39 is 0 Å². The molecule has 0 unspecified atom stereocenters. The van der Waals surface area contributed by atoms with Gasteiger partial charge < -0.3 is 10.3 Å². The van der Waals surface area contributed by atoms with Gasteiger partial charge in [-0.25, -0.2) is 9.97 Å². The summed E-state index contributed by atoms with van der Waals surface area (Å²) in [6.07, 6.45) is 1.58. The highest BCUT2D eigenvalue weighted by Crippen LogP contribution is 2.20. The number of aryl methyl sites for hydroxylation is 2.